The summed E-state index contributed by atoms with van der Waals surface area (Å²) in [6, 6.07) is 7.82. The summed E-state index contributed by atoms with van der Waals surface area (Å²) in [5, 5.41) is 0. The molecule has 2 aromatic rings. The lowest BCUT2D eigenvalue weighted by Gasteiger charge is -2.26. The van der Waals surface area contributed by atoms with Crippen LogP contribution in [0.15, 0.2) is 24.3 Å². The van der Waals surface area contributed by atoms with E-state index in [1.54, 1.807) is 19.1 Å². The van der Waals surface area contributed by atoms with Crippen LogP contribution in [0, 0.1) is 13.8 Å². The molecule has 1 saturated carbocycles. The smallest absolute Gasteiger partial charge is 0.340 e. The van der Waals surface area contributed by atoms with Crippen molar-refractivity contribution in [3.63, 3.8) is 0 Å². The number of carbonyl (C=O) groups excluding carboxylic acids is 2. The van der Waals surface area contributed by atoms with Crippen LogP contribution in [0.3, 0.4) is 0 Å². The van der Waals surface area contributed by atoms with Crippen LogP contribution in [0.25, 0.3) is 0 Å². The van der Waals surface area contributed by atoms with E-state index in [1.165, 1.54) is 0 Å². The third kappa shape index (κ3) is 4.13. The third-order valence-electron chi connectivity index (χ3n) is 6.31. The number of nitrogens with zero attached hydrogens (tertiary/aromatic N) is 2. The highest BCUT2D eigenvalue weighted by molar-refractivity contribution is 5.93. The van der Waals surface area contributed by atoms with E-state index in [0.717, 1.165) is 48.4 Å². The standard InChI is InChI=1S/C24H30N2O5/c1-15-12-19(16(2)26(15)17-7-8-17)24(28)31-14-23(27)25-11-5-6-21(25)20-13-18(29-3)9-10-22(20)30-4/h9-10,12-13,17,21H,5-8,11,14H2,1-4H3/t21-/m1/s1. The SMILES string of the molecule is COc1ccc(OC)c([C@H]2CCCN2C(=O)COC(=O)c2cc(C)n(C3CC3)c2C)c1. The first-order chi connectivity index (χ1) is 14.9. The predicted molar refractivity (Wildman–Crippen MR) is 116 cm³/mol. The fourth-order valence-electron chi connectivity index (χ4n) is 4.65. The van der Waals surface area contributed by atoms with Crippen LogP contribution in [-0.4, -0.2) is 48.7 Å². The van der Waals surface area contributed by atoms with Gasteiger partial charge < -0.3 is 23.7 Å². The second-order valence-electron chi connectivity index (χ2n) is 8.32. The van der Waals surface area contributed by atoms with Crippen molar-refractivity contribution in [2.75, 3.05) is 27.4 Å². The summed E-state index contributed by atoms with van der Waals surface area (Å²) in [4.78, 5) is 27.4. The summed E-state index contributed by atoms with van der Waals surface area (Å²) < 4.78 is 18.5. The second-order valence-corrected chi connectivity index (χ2v) is 8.32. The van der Waals surface area contributed by atoms with E-state index in [-0.39, 0.29) is 18.6 Å². The Morgan fingerprint density at radius 1 is 1.06 bits per heavy atom. The van der Waals surface area contributed by atoms with Crippen molar-refractivity contribution in [3.8, 4) is 11.5 Å². The van der Waals surface area contributed by atoms with Crippen LogP contribution in [0.2, 0.25) is 0 Å². The molecule has 2 fully saturated rings. The van der Waals surface area contributed by atoms with Gasteiger partial charge in [0.05, 0.1) is 25.8 Å². The number of aromatic nitrogens is 1. The minimum atomic E-state index is -0.442. The molecule has 1 aromatic heterocycles. The van der Waals surface area contributed by atoms with Gasteiger partial charge in [0.15, 0.2) is 6.61 Å². The van der Waals surface area contributed by atoms with Crippen LogP contribution in [0.4, 0.5) is 0 Å². The predicted octanol–water partition coefficient (Wildman–Crippen LogP) is 3.98. The lowest BCUT2D eigenvalue weighted by Crippen LogP contribution is -2.34. The number of hydrogen-bond donors (Lipinski definition) is 0. The summed E-state index contributed by atoms with van der Waals surface area (Å²) in [5.41, 5.74) is 3.43. The number of likely N-dealkylation sites (tertiary alicyclic amines) is 1. The Morgan fingerprint density at radius 2 is 1.84 bits per heavy atom. The number of benzene rings is 1. The Bertz CT molecular complexity index is 992. The molecule has 7 heteroatoms. The molecule has 1 amide bonds. The lowest BCUT2D eigenvalue weighted by atomic mass is 10.0. The van der Waals surface area contributed by atoms with E-state index < -0.39 is 5.97 Å². The number of rotatable bonds is 7. The molecule has 1 aliphatic heterocycles. The van der Waals surface area contributed by atoms with Gasteiger partial charge in [-0.1, -0.05) is 0 Å². The fraction of sp³-hybridized carbons (Fsp3) is 0.500. The first kappa shape index (κ1) is 21.3. The number of hydrogen-bond acceptors (Lipinski definition) is 5. The van der Waals surface area contributed by atoms with Crippen LogP contribution < -0.4 is 9.47 Å². The summed E-state index contributed by atoms with van der Waals surface area (Å²) >= 11 is 0. The Morgan fingerprint density at radius 3 is 2.52 bits per heavy atom. The van der Waals surface area contributed by atoms with Gasteiger partial charge in [-0.25, -0.2) is 4.79 Å². The van der Waals surface area contributed by atoms with E-state index >= 15 is 0 Å². The molecule has 0 bridgehead atoms. The molecule has 7 nitrogen and oxygen atoms in total. The van der Waals surface area contributed by atoms with E-state index in [1.807, 2.05) is 38.1 Å². The zero-order valence-electron chi connectivity index (χ0n) is 18.6. The van der Waals surface area contributed by atoms with Crippen molar-refractivity contribution in [2.24, 2.45) is 0 Å². The number of amides is 1. The molecule has 0 radical (unpaired) electrons. The van der Waals surface area contributed by atoms with Gasteiger partial charge in [0.1, 0.15) is 11.5 Å². The molecule has 31 heavy (non-hydrogen) atoms. The van der Waals surface area contributed by atoms with Crippen molar-refractivity contribution < 1.29 is 23.8 Å². The van der Waals surface area contributed by atoms with Gasteiger partial charge in [-0.05, 0) is 63.8 Å². The van der Waals surface area contributed by atoms with Crippen molar-refractivity contribution >= 4 is 11.9 Å². The first-order valence-corrected chi connectivity index (χ1v) is 10.8. The van der Waals surface area contributed by atoms with E-state index in [9.17, 15) is 9.59 Å². The maximum atomic E-state index is 13.0. The molecular weight excluding hydrogens is 396 g/mol. The quantitative estimate of drug-likeness (QED) is 0.627. The molecule has 166 valence electrons. The van der Waals surface area contributed by atoms with Gasteiger partial charge >= 0.3 is 5.97 Å². The second kappa shape index (κ2) is 8.65. The molecule has 1 atom stereocenters. The molecule has 1 saturated heterocycles. The topological polar surface area (TPSA) is 70.0 Å². The molecule has 1 aromatic carbocycles. The summed E-state index contributed by atoms with van der Waals surface area (Å²) in [6.45, 7) is 4.30. The van der Waals surface area contributed by atoms with Crippen LogP contribution in [0.5, 0.6) is 11.5 Å². The molecule has 0 spiro atoms. The van der Waals surface area contributed by atoms with Crippen molar-refractivity contribution in [2.45, 2.75) is 51.6 Å². The lowest BCUT2D eigenvalue weighted by molar-refractivity contribution is -0.135. The van der Waals surface area contributed by atoms with Crippen LogP contribution in [-0.2, 0) is 9.53 Å². The minimum Gasteiger partial charge on any atom is -0.497 e. The molecule has 0 unspecified atom stereocenters. The number of esters is 1. The monoisotopic (exact) mass is 426 g/mol. The Kier molecular flexibility index (Phi) is 5.94. The molecule has 1 aliphatic carbocycles. The highest BCUT2D eigenvalue weighted by Gasteiger charge is 2.33. The number of methoxy groups -OCH3 is 2. The molecule has 2 aliphatic rings. The van der Waals surface area contributed by atoms with Crippen molar-refractivity contribution in [3.05, 3.63) is 46.8 Å². The van der Waals surface area contributed by atoms with E-state index in [0.29, 0.717) is 23.9 Å². The third-order valence-corrected chi connectivity index (χ3v) is 6.31. The Labute approximate surface area is 182 Å². The summed E-state index contributed by atoms with van der Waals surface area (Å²) in [5.74, 6) is 0.794. The normalized spacial score (nSPS) is 18.2. The summed E-state index contributed by atoms with van der Waals surface area (Å²) in [6.07, 6.45) is 4.00. The number of carbonyl (C=O) groups is 2. The van der Waals surface area contributed by atoms with Crippen molar-refractivity contribution in [1.82, 2.24) is 9.47 Å². The van der Waals surface area contributed by atoms with E-state index in [2.05, 4.69) is 4.57 Å². The first-order valence-electron chi connectivity index (χ1n) is 10.8. The molecule has 4 rings (SSSR count). The fourth-order valence-corrected chi connectivity index (χ4v) is 4.65. The molecule has 2 heterocycles. The highest BCUT2D eigenvalue weighted by Crippen LogP contribution is 2.40. The number of ether oxygens (including phenoxy) is 3. The van der Waals surface area contributed by atoms with E-state index in [4.69, 9.17) is 14.2 Å². The van der Waals surface area contributed by atoms with Crippen LogP contribution >= 0.6 is 0 Å². The van der Waals surface area contributed by atoms with Gasteiger partial charge in [-0.15, -0.1) is 0 Å². The van der Waals surface area contributed by atoms with Gasteiger partial charge in [-0.2, -0.15) is 0 Å². The average Bonchev–Trinajstić information content (AvgIpc) is 3.39. The molecular formula is C24H30N2O5. The van der Waals surface area contributed by atoms with Gasteiger partial charge in [0.25, 0.3) is 5.91 Å². The molecule has 0 N–H and O–H groups in total. The maximum absolute atomic E-state index is 13.0. The maximum Gasteiger partial charge on any atom is 0.340 e. The minimum absolute atomic E-state index is 0.129. The van der Waals surface area contributed by atoms with Gasteiger partial charge in [0.2, 0.25) is 0 Å². The Balaban J connectivity index is 1.45. The zero-order valence-corrected chi connectivity index (χ0v) is 18.6. The van der Waals surface area contributed by atoms with Gasteiger partial charge in [0, 0.05) is 29.5 Å². The number of aryl methyl sites for hydroxylation is 1. The van der Waals surface area contributed by atoms with Gasteiger partial charge in [-0.3, -0.25) is 4.79 Å². The zero-order chi connectivity index (χ0) is 22.1. The average molecular weight is 427 g/mol. The largest absolute Gasteiger partial charge is 0.497 e. The highest BCUT2D eigenvalue weighted by atomic mass is 16.5. The Hall–Kier alpha value is -2.96. The van der Waals surface area contributed by atoms with Crippen molar-refractivity contribution in [1.29, 1.82) is 0 Å². The van der Waals surface area contributed by atoms with Crippen LogP contribution in [0.1, 0.15) is 65.1 Å². The summed E-state index contributed by atoms with van der Waals surface area (Å²) in [7, 11) is 3.23.